The third-order valence-corrected chi connectivity index (χ3v) is 10.5. The van der Waals surface area contributed by atoms with E-state index in [-0.39, 0.29) is 108 Å². The zero-order valence-corrected chi connectivity index (χ0v) is 35.0. The SMILES string of the molecule is C#CCOCCOCCNC(=O)CCC(CCC(=O)NCCOCCOCC#C)(CCC(O)NCCOCCOCC#C)NC(=O)C1CC2(OP(C)(O)=S)CC1C2. The highest BCUT2D eigenvalue weighted by Gasteiger charge is 2.60. The van der Waals surface area contributed by atoms with Gasteiger partial charge in [0.25, 0.3) is 0 Å². The number of amides is 3. The van der Waals surface area contributed by atoms with Crippen molar-refractivity contribution in [2.75, 3.05) is 106 Å². The first-order valence-corrected chi connectivity index (χ1v) is 22.5. The summed E-state index contributed by atoms with van der Waals surface area (Å²) in [6, 6.07) is 0. The van der Waals surface area contributed by atoms with Crippen molar-refractivity contribution in [1.29, 1.82) is 0 Å². The number of carbonyl (C=O) groups is 3. The van der Waals surface area contributed by atoms with Gasteiger partial charge in [-0.1, -0.05) is 17.8 Å². The van der Waals surface area contributed by atoms with Crippen LogP contribution in [0.5, 0.6) is 0 Å². The van der Waals surface area contributed by atoms with Gasteiger partial charge in [0.05, 0.1) is 65.1 Å². The first-order chi connectivity index (χ1) is 27.4. The molecular formula is C39H63N4O12PS. The molecule has 0 aliphatic heterocycles. The molecule has 6 N–H and O–H groups in total. The van der Waals surface area contributed by atoms with Crippen molar-refractivity contribution >= 4 is 36.0 Å². The number of rotatable bonds is 35. The molecule has 0 spiro atoms. The molecule has 2 bridgehead atoms. The molecule has 0 saturated heterocycles. The van der Waals surface area contributed by atoms with E-state index in [9.17, 15) is 24.4 Å². The number of fused-ring (bicyclic) bond motifs is 1. The molecule has 3 amide bonds. The van der Waals surface area contributed by atoms with Gasteiger partial charge in [-0.05, 0) is 62.7 Å². The van der Waals surface area contributed by atoms with Gasteiger partial charge in [-0.3, -0.25) is 19.7 Å². The summed E-state index contributed by atoms with van der Waals surface area (Å²) in [7, 11) is 0. The highest BCUT2D eigenvalue weighted by Crippen LogP contribution is 2.63. The van der Waals surface area contributed by atoms with Crippen molar-refractivity contribution in [3.8, 4) is 37.0 Å². The lowest BCUT2D eigenvalue weighted by Gasteiger charge is -2.40. The monoisotopic (exact) mass is 842 g/mol. The van der Waals surface area contributed by atoms with Crippen LogP contribution in [0.15, 0.2) is 0 Å². The van der Waals surface area contributed by atoms with Crippen LogP contribution in [0.1, 0.15) is 57.8 Å². The minimum atomic E-state index is -2.96. The van der Waals surface area contributed by atoms with E-state index in [2.05, 4.69) is 39.0 Å². The molecule has 322 valence electrons. The second-order valence-electron chi connectivity index (χ2n) is 14.1. The fourth-order valence-corrected chi connectivity index (χ4v) is 8.30. The number of ether oxygens (including phenoxy) is 6. The number of hydrogen-bond acceptors (Lipinski definition) is 13. The van der Waals surface area contributed by atoms with Gasteiger partial charge in [0.2, 0.25) is 17.7 Å². The Morgan fingerprint density at radius 1 is 0.754 bits per heavy atom. The summed E-state index contributed by atoms with van der Waals surface area (Å²) in [5.74, 6) is 6.04. The van der Waals surface area contributed by atoms with Gasteiger partial charge in [0.1, 0.15) is 26.0 Å². The molecule has 0 aromatic rings. The topological polar surface area (TPSA) is 204 Å². The summed E-state index contributed by atoms with van der Waals surface area (Å²) in [5.41, 5.74) is -1.68. The molecule has 57 heavy (non-hydrogen) atoms. The third kappa shape index (κ3) is 22.3. The Morgan fingerprint density at radius 3 is 1.67 bits per heavy atom. The molecule has 18 heteroatoms. The zero-order chi connectivity index (χ0) is 41.8. The molecule has 3 aliphatic rings. The van der Waals surface area contributed by atoms with E-state index >= 15 is 0 Å². The van der Waals surface area contributed by atoms with Crippen LogP contribution in [-0.4, -0.2) is 151 Å². The van der Waals surface area contributed by atoms with E-state index in [1.807, 2.05) is 0 Å². The normalized spacial score (nSPS) is 19.9. The predicted molar refractivity (Wildman–Crippen MR) is 217 cm³/mol. The van der Waals surface area contributed by atoms with Gasteiger partial charge >= 0.3 is 0 Å². The number of aliphatic hydroxyl groups is 1. The standard InChI is InChI=1S/C39H63N4O12PS/c1-5-17-49-23-26-52-20-14-40-34(44)8-11-38(12-9-35(45)41-15-21-53-27-24-50-18-6-2,13-10-36(46)42-16-22-54-28-25-51-19-7-3)43-37(47)33-31-39(29-32(33)30-39)55-56(4,48)57/h1-3,32-34,40,44H,8-31H2,4H3,(H,41,45)(H,42,46)(H,43,47)(H,48,57). The van der Waals surface area contributed by atoms with Crippen LogP contribution in [0.2, 0.25) is 0 Å². The zero-order valence-electron chi connectivity index (χ0n) is 33.3. The van der Waals surface area contributed by atoms with Crippen LogP contribution < -0.4 is 21.3 Å². The minimum absolute atomic E-state index is 0.0340. The summed E-state index contributed by atoms with van der Waals surface area (Å²) in [4.78, 5) is 50.6. The van der Waals surface area contributed by atoms with Gasteiger partial charge in [-0.2, -0.15) is 0 Å². The third-order valence-electron chi connectivity index (χ3n) is 9.51. The maximum atomic E-state index is 14.1. The lowest BCUT2D eigenvalue weighted by atomic mass is 9.78. The molecule has 16 nitrogen and oxygen atoms in total. The van der Waals surface area contributed by atoms with E-state index < -0.39 is 29.8 Å². The van der Waals surface area contributed by atoms with Crippen LogP contribution in [0, 0.1) is 48.9 Å². The number of nitrogens with one attached hydrogen (secondary N) is 4. The van der Waals surface area contributed by atoms with E-state index in [4.69, 9.17) is 64.0 Å². The first-order valence-electron chi connectivity index (χ1n) is 19.4. The van der Waals surface area contributed by atoms with Crippen molar-refractivity contribution in [2.45, 2.75) is 75.2 Å². The van der Waals surface area contributed by atoms with Gasteiger partial charge in [-0.15, -0.1) is 19.3 Å². The maximum Gasteiger partial charge on any atom is 0.223 e. The molecule has 3 aliphatic carbocycles. The Morgan fingerprint density at radius 2 is 1.21 bits per heavy atom. The highest BCUT2D eigenvalue weighted by molar-refractivity contribution is 8.09. The van der Waals surface area contributed by atoms with E-state index in [0.717, 1.165) is 0 Å². The fourth-order valence-electron chi connectivity index (χ4n) is 6.88. The molecular weight excluding hydrogens is 779 g/mol. The predicted octanol–water partition coefficient (Wildman–Crippen LogP) is 0.439. The van der Waals surface area contributed by atoms with Crippen molar-refractivity contribution in [3.05, 3.63) is 0 Å². The van der Waals surface area contributed by atoms with Crippen LogP contribution in [0.4, 0.5) is 0 Å². The second-order valence-corrected chi connectivity index (χ2v) is 18.0. The molecule has 0 aromatic heterocycles. The Hall–Kier alpha value is -2.66. The average Bonchev–Trinajstić information content (AvgIpc) is 3.70. The largest absolute Gasteiger partial charge is 0.379 e. The van der Waals surface area contributed by atoms with E-state index in [1.54, 1.807) is 0 Å². The Kier molecular flexibility index (Phi) is 25.4. The Bertz CT molecular complexity index is 1330. The van der Waals surface area contributed by atoms with Gasteiger partial charge < -0.3 is 58.9 Å². The van der Waals surface area contributed by atoms with Crippen molar-refractivity contribution in [3.63, 3.8) is 0 Å². The van der Waals surface area contributed by atoms with Gasteiger partial charge in [0.15, 0.2) is 6.49 Å². The van der Waals surface area contributed by atoms with Crippen LogP contribution in [0.3, 0.4) is 0 Å². The lowest BCUT2D eigenvalue weighted by molar-refractivity contribution is -0.130. The van der Waals surface area contributed by atoms with E-state index in [1.165, 1.54) is 6.66 Å². The van der Waals surface area contributed by atoms with Gasteiger partial charge in [0, 0.05) is 50.6 Å². The quantitative estimate of drug-likeness (QED) is 0.0222. The molecule has 3 atom stereocenters. The molecule has 3 fully saturated rings. The molecule has 3 unspecified atom stereocenters. The lowest BCUT2D eigenvalue weighted by Crippen LogP contribution is -2.52. The van der Waals surface area contributed by atoms with Crippen LogP contribution >= 0.6 is 6.49 Å². The van der Waals surface area contributed by atoms with Crippen molar-refractivity contribution in [1.82, 2.24) is 21.3 Å². The number of terminal acetylenes is 3. The molecule has 3 rings (SSSR count). The molecule has 0 radical (unpaired) electrons. The number of aliphatic hydroxyl groups excluding tert-OH is 1. The van der Waals surface area contributed by atoms with Crippen LogP contribution in [0.25, 0.3) is 0 Å². The molecule has 3 saturated carbocycles. The number of hydrogen-bond donors (Lipinski definition) is 6. The van der Waals surface area contributed by atoms with E-state index in [0.29, 0.717) is 72.1 Å². The molecule has 0 aromatic carbocycles. The average molecular weight is 843 g/mol. The highest BCUT2D eigenvalue weighted by atomic mass is 32.5. The van der Waals surface area contributed by atoms with Gasteiger partial charge in [-0.25, -0.2) is 0 Å². The first kappa shape index (κ1) is 50.5. The summed E-state index contributed by atoms with van der Waals surface area (Å²) < 4.78 is 38.0. The number of carbonyl (C=O) groups excluding carboxylic acids is 3. The summed E-state index contributed by atoms with van der Waals surface area (Å²) in [5, 5.41) is 22.9. The van der Waals surface area contributed by atoms with Crippen molar-refractivity contribution in [2.24, 2.45) is 11.8 Å². The smallest absolute Gasteiger partial charge is 0.223 e. The van der Waals surface area contributed by atoms with Crippen LogP contribution in [-0.2, 0) is 59.1 Å². The minimum Gasteiger partial charge on any atom is -0.379 e. The fraction of sp³-hybridized carbons (Fsp3) is 0.769. The summed E-state index contributed by atoms with van der Waals surface area (Å²) in [6.45, 7) is 2.86. The maximum absolute atomic E-state index is 14.1. The Labute approximate surface area is 343 Å². The summed E-state index contributed by atoms with van der Waals surface area (Å²) >= 11 is 5.16. The Balaban J connectivity index is 2.11. The summed E-state index contributed by atoms with van der Waals surface area (Å²) in [6.07, 6.45) is 17.1. The molecule has 0 heterocycles. The van der Waals surface area contributed by atoms with Crippen molar-refractivity contribution < 1.29 is 57.3 Å². The second kappa shape index (κ2) is 28.7.